The van der Waals surface area contributed by atoms with Crippen molar-refractivity contribution in [1.29, 1.82) is 0 Å². The van der Waals surface area contributed by atoms with Crippen molar-refractivity contribution < 1.29 is 18.0 Å². The molecule has 0 saturated carbocycles. The number of carbonyl (C=O) groups is 1. The predicted octanol–water partition coefficient (Wildman–Crippen LogP) is 5.44. The number of imidazole rings is 1. The molecule has 2 aromatic heterocycles. The summed E-state index contributed by atoms with van der Waals surface area (Å²) in [5, 5.41) is 5.16. The molecule has 0 aliphatic carbocycles. The molecule has 3 aromatic rings. The minimum Gasteiger partial charge on any atom is -0.372 e. The second-order valence-corrected chi connectivity index (χ2v) is 8.39. The van der Waals surface area contributed by atoms with E-state index in [0.717, 1.165) is 23.3 Å². The standard InChI is InChI=1S/C22H25ClF3N5O/c1-14(2)21-19(11-27-31(21)17-7-5-16(23)6-8-17)29(4)10-9-18(13-32)30-12-20(22(24,25)26)28-15(30)3/h5-8,11-14,18H,9-10H2,1-4H3/t18-/m0/s1. The maximum absolute atomic E-state index is 13.0. The summed E-state index contributed by atoms with van der Waals surface area (Å²) in [7, 11) is 1.87. The van der Waals surface area contributed by atoms with Gasteiger partial charge >= 0.3 is 6.18 Å². The molecule has 172 valence electrons. The molecule has 0 spiro atoms. The van der Waals surface area contributed by atoms with Gasteiger partial charge in [-0.25, -0.2) is 9.67 Å². The summed E-state index contributed by atoms with van der Waals surface area (Å²) < 4.78 is 42.1. The Bertz CT molecular complexity index is 1070. The van der Waals surface area contributed by atoms with Gasteiger partial charge in [-0.15, -0.1) is 0 Å². The molecule has 10 heteroatoms. The van der Waals surface area contributed by atoms with E-state index < -0.39 is 17.9 Å². The van der Waals surface area contributed by atoms with E-state index >= 15 is 0 Å². The minimum atomic E-state index is -4.55. The van der Waals surface area contributed by atoms with Crippen molar-refractivity contribution in [3.8, 4) is 5.69 Å². The number of nitrogens with zero attached hydrogens (tertiary/aromatic N) is 5. The third kappa shape index (κ3) is 4.98. The average molecular weight is 468 g/mol. The zero-order valence-electron chi connectivity index (χ0n) is 18.3. The summed E-state index contributed by atoms with van der Waals surface area (Å²) in [6.07, 6.45) is -0.930. The van der Waals surface area contributed by atoms with Gasteiger partial charge in [0.15, 0.2) is 5.69 Å². The lowest BCUT2D eigenvalue weighted by Gasteiger charge is -2.23. The fraction of sp³-hybridized carbons (Fsp3) is 0.409. The fourth-order valence-electron chi connectivity index (χ4n) is 3.65. The number of hydrogen-bond acceptors (Lipinski definition) is 4. The third-order valence-electron chi connectivity index (χ3n) is 5.30. The zero-order valence-corrected chi connectivity index (χ0v) is 19.0. The normalized spacial score (nSPS) is 12.9. The van der Waals surface area contributed by atoms with Gasteiger partial charge in [0.1, 0.15) is 12.1 Å². The SMILES string of the molecule is Cc1nc(C(F)(F)F)cn1[C@H](C=O)CCN(C)c1cnn(-c2ccc(Cl)cc2)c1C(C)C. The van der Waals surface area contributed by atoms with Crippen molar-refractivity contribution in [3.05, 3.63) is 58.9 Å². The monoisotopic (exact) mass is 467 g/mol. The van der Waals surface area contributed by atoms with Gasteiger partial charge in [0.2, 0.25) is 0 Å². The molecular formula is C22H25ClF3N5O. The maximum atomic E-state index is 13.0. The van der Waals surface area contributed by atoms with Crippen molar-refractivity contribution in [2.45, 2.75) is 45.3 Å². The summed E-state index contributed by atoms with van der Waals surface area (Å²) in [6, 6.07) is 6.60. The number of alkyl halides is 3. The Morgan fingerprint density at radius 2 is 1.88 bits per heavy atom. The summed E-state index contributed by atoms with van der Waals surface area (Å²) in [4.78, 5) is 17.2. The Kier molecular flexibility index (Phi) is 6.97. The molecule has 0 amide bonds. The number of hydrogen-bond donors (Lipinski definition) is 0. The molecule has 0 unspecified atom stereocenters. The van der Waals surface area contributed by atoms with Crippen LogP contribution in [0.15, 0.2) is 36.7 Å². The molecule has 0 aliphatic heterocycles. The summed E-state index contributed by atoms with van der Waals surface area (Å²) >= 11 is 5.99. The molecule has 3 rings (SSSR count). The highest BCUT2D eigenvalue weighted by Crippen LogP contribution is 2.31. The van der Waals surface area contributed by atoms with Gasteiger partial charge in [-0.2, -0.15) is 18.3 Å². The van der Waals surface area contributed by atoms with Gasteiger partial charge in [-0.1, -0.05) is 25.4 Å². The second kappa shape index (κ2) is 9.36. The van der Waals surface area contributed by atoms with Gasteiger partial charge < -0.3 is 14.3 Å². The van der Waals surface area contributed by atoms with Gasteiger partial charge in [-0.05, 0) is 43.5 Å². The fourth-order valence-corrected chi connectivity index (χ4v) is 3.78. The number of halogens is 4. The Hall–Kier alpha value is -2.81. The molecule has 0 N–H and O–H groups in total. The number of carbonyl (C=O) groups excluding carboxylic acids is 1. The van der Waals surface area contributed by atoms with E-state index in [1.54, 1.807) is 18.3 Å². The van der Waals surface area contributed by atoms with Crippen LogP contribution >= 0.6 is 11.6 Å². The van der Waals surface area contributed by atoms with Crippen LogP contribution in [-0.2, 0) is 11.0 Å². The number of anilines is 1. The van der Waals surface area contributed by atoms with Crippen LogP contribution in [0, 0.1) is 6.92 Å². The molecule has 0 radical (unpaired) electrons. The van der Waals surface area contributed by atoms with Gasteiger partial charge in [0, 0.05) is 24.8 Å². The average Bonchev–Trinajstić information content (AvgIpc) is 3.33. The molecule has 0 saturated heterocycles. The van der Waals surface area contributed by atoms with Gasteiger partial charge in [0.25, 0.3) is 0 Å². The van der Waals surface area contributed by atoms with Crippen LogP contribution in [0.25, 0.3) is 5.69 Å². The van der Waals surface area contributed by atoms with Gasteiger partial charge in [-0.3, -0.25) is 0 Å². The number of rotatable bonds is 8. The highest BCUT2D eigenvalue weighted by atomic mass is 35.5. The van der Waals surface area contributed by atoms with E-state index in [9.17, 15) is 18.0 Å². The molecule has 2 heterocycles. The van der Waals surface area contributed by atoms with E-state index in [1.165, 1.54) is 11.5 Å². The van der Waals surface area contributed by atoms with Crippen LogP contribution in [0.2, 0.25) is 5.02 Å². The Morgan fingerprint density at radius 3 is 2.41 bits per heavy atom. The first kappa shape index (κ1) is 23.8. The lowest BCUT2D eigenvalue weighted by molar-refractivity contribution is -0.141. The molecule has 6 nitrogen and oxygen atoms in total. The molecule has 1 aromatic carbocycles. The first-order valence-electron chi connectivity index (χ1n) is 10.2. The molecular weight excluding hydrogens is 443 g/mol. The van der Waals surface area contributed by atoms with Crippen molar-refractivity contribution in [2.75, 3.05) is 18.5 Å². The topological polar surface area (TPSA) is 56.0 Å². The van der Waals surface area contributed by atoms with Crippen LogP contribution < -0.4 is 4.90 Å². The van der Waals surface area contributed by atoms with Crippen LogP contribution in [0.4, 0.5) is 18.9 Å². The quantitative estimate of drug-likeness (QED) is 0.414. The predicted molar refractivity (Wildman–Crippen MR) is 118 cm³/mol. The van der Waals surface area contributed by atoms with Gasteiger partial charge in [0.05, 0.1) is 29.3 Å². The lowest BCUT2D eigenvalue weighted by Crippen LogP contribution is -2.24. The van der Waals surface area contributed by atoms with E-state index in [0.29, 0.717) is 24.3 Å². The Morgan fingerprint density at radius 1 is 1.22 bits per heavy atom. The first-order chi connectivity index (χ1) is 15.0. The van der Waals surface area contributed by atoms with Crippen molar-refractivity contribution in [2.24, 2.45) is 0 Å². The van der Waals surface area contributed by atoms with Crippen molar-refractivity contribution in [1.82, 2.24) is 19.3 Å². The smallest absolute Gasteiger partial charge is 0.372 e. The summed E-state index contributed by atoms with van der Waals surface area (Å²) in [5.74, 6) is 0.299. The number of aryl methyl sites for hydroxylation is 1. The van der Waals surface area contributed by atoms with Crippen LogP contribution in [0.3, 0.4) is 0 Å². The Labute approximate surface area is 189 Å². The number of aromatic nitrogens is 4. The van der Waals surface area contributed by atoms with Crippen LogP contribution in [0.5, 0.6) is 0 Å². The largest absolute Gasteiger partial charge is 0.434 e. The van der Waals surface area contributed by atoms with E-state index in [2.05, 4.69) is 23.9 Å². The van der Waals surface area contributed by atoms with Crippen molar-refractivity contribution in [3.63, 3.8) is 0 Å². The van der Waals surface area contributed by atoms with E-state index in [1.807, 2.05) is 28.8 Å². The third-order valence-corrected chi connectivity index (χ3v) is 5.55. The first-order valence-corrected chi connectivity index (χ1v) is 10.5. The van der Waals surface area contributed by atoms with E-state index in [4.69, 9.17) is 11.6 Å². The number of aldehydes is 1. The summed E-state index contributed by atoms with van der Waals surface area (Å²) in [5.41, 5.74) is 1.74. The van der Waals surface area contributed by atoms with Crippen LogP contribution in [-0.4, -0.2) is 39.2 Å². The molecule has 0 aliphatic rings. The van der Waals surface area contributed by atoms with Crippen LogP contribution in [0.1, 0.15) is 49.4 Å². The lowest BCUT2D eigenvalue weighted by atomic mass is 10.1. The Balaban J connectivity index is 1.81. The zero-order chi connectivity index (χ0) is 23.6. The highest BCUT2D eigenvalue weighted by Gasteiger charge is 2.35. The molecule has 1 atom stereocenters. The minimum absolute atomic E-state index is 0.149. The molecule has 0 bridgehead atoms. The summed E-state index contributed by atoms with van der Waals surface area (Å²) in [6.45, 7) is 6.02. The molecule has 0 fully saturated rings. The van der Waals surface area contributed by atoms with Crippen molar-refractivity contribution >= 4 is 23.6 Å². The van der Waals surface area contributed by atoms with E-state index in [-0.39, 0.29) is 11.7 Å². The highest BCUT2D eigenvalue weighted by molar-refractivity contribution is 6.30. The number of benzene rings is 1. The second-order valence-electron chi connectivity index (χ2n) is 7.95. The maximum Gasteiger partial charge on any atom is 0.434 e. The molecule has 32 heavy (non-hydrogen) atoms.